The van der Waals surface area contributed by atoms with E-state index < -0.39 is 23.6 Å². The molecule has 0 aliphatic heterocycles. The quantitative estimate of drug-likeness (QED) is 0.892. The fourth-order valence-electron chi connectivity index (χ4n) is 2.16. The predicted octanol–water partition coefficient (Wildman–Crippen LogP) is 3.38. The van der Waals surface area contributed by atoms with E-state index >= 15 is 0 Å². The zero-order valence-electron chi connectivity index (χ0n) is 13.6. The van der Waals surface area contributed by atoms with Gasteiger partial charge in [-0.3, -0.25) is 9.59 Å². The third-order valence-corrected chi connectivity index (χ3v) is 3.32. The Kier molecular flexibility index (Phi) is 5.45. The monoisotopic (exact) mass is 355 g/mol. The molecule has 0 unspecified atom stereocenters. The van der Waals surface area contributed by atoms with E-state index in [1.54, 1.807) is 6.92 Å². The van der Waals surface area contributed by atoms with Gasteiger partial charge in [0.25, 0.3) is 0 Å². The molecule has 1 aromatic carbocycles. The number of rotatable bonds is 5. The summed E-state index contributed by atoms with van der Waals surface area (Å²) in [5.41, 5.74) is -0.786. The molecule has 0 aliphatic carbocycles. The van der Waals surface area contributed by atoms with E-state index in [4.69, 9.17) is 4.52 Å². The van der Waals surface area contributed by atoms with Crippen LogP contribution in [0.15, 0.2) is 34.9 Å². The molecule has 134 valence electrons. The number of nitrogens with zero attached hydrogens (tertiary/aromatic N) is 2. The van der Waals surface area contributed by atoms with Gasteiger partial charge < -0.3 is 14.7 Å². The number of alkyl halides is 3. The van der Waals surface area contributed by atoms with Crippen LogP contribution in [0.1, 0.15) is 24.7 Å². The first kappa shape index (κ1) is 18.5. The van der Waals surface area contributed by atoms with Crippen LogP contribution in [-0.2, 0) is 15.8 Å². The zero-order valence-corrected chi connectivity index (χ0v) is 13.6. The Morgan fingerprint density at radius 3 is 2.56 bits per heavy atom. The molecular weight excluding hydrogens is 339 g/mol. The third-order valence-electron chi connectivity index (χ3n) is 3.32. The van der Waals surface area contributed by atoms with Gasteiger partial charge in [0, 0.05) is 31.6 Å². The molecule has 1 heterocycles. The molecule has 6 nitrogen and oxygen atoms in total. The maximum Gasteiger partial charge on any atom is 0.416 e. The largest absolute Gasteiger partial charge is 0.416 e. The predicted molar refractivity (Wildman–Crippen MR) is 84.0 cm³/mol. The molecule has 0 spiro atoms. The van der Waals surface area contributed by atoms with Crippen LogP contribution < -0.4 is 10.2 Å². The molecule has 0 bridgehead atoms. The van der Waals surface area contributed by atoms with Crippen molar-refractivity contribution in [3.8, 4) is 0 Å². The highest BCUT2D eigenvalue weighted by atomic mass is 19.4. The lowest BCUT2D eigenvalue weighted by atomic mass is 10.1. The smallest absolute Gasteiger partial charge is 0.360 e. The first-order chi connectivity index (χ1) is 11.7. The molecule has 0 saturated carbocycles. The highest BCUT2D eigenvalue weighted by molar-refractivity contribution is 5.94. The van der Waals surface area contributed by atoms with Gasteiger partial charge in [0.15, 0.2) is 5.82 Å². The van der Waals surface area contributed by atoms with Gasteiger partial charge in [0.2, 0.25) is 11.8 Å². The molecule has 0 radical (unpaired) electrons. The minimum atomic E-state index is -4.51. The van der Waals surface area contributed by atoms with Crippen LogP contribution in [0.5, 0.6) is 0 Å². The summed E-state index contributed by atoms with van der Waals surface area (Å²) in [5.74, 6) is -0.156. The van der Waals surface area contributed by atoms with E-state index in [9.17, 15) is 22.8 Å². The minimum absolute atomic E-state index is 0.0701. The van der Waals surface area contributed by atoms with Crippen LogP contribution in [0.3, 0.4) is 0 Å². The standard InChI is InChI=1S/C16H16F3N3O3/c1-10-8-14(21-25-10)20-15(24)6-7-22(11(2)23)13-5-3-4-12(9-13)16(17,18)19/h3-5,8-9H,6-7H2,1-2H3,(H,20,21,24). The average Bonchev–Trinajstić information content (AvgIpc) is 2.91. The van der Waals surface area contributed by atoms with Crippen molar-refractivity contribution in [2.75, 3.05) is 16.8 Å². The number of aromatic nitrogens is 1. The molecular formula is C16H16F3N3O3. The molecule has 9 heteroatoms. The molecule has 2 aromatic rings. The molecule has 0 saturated heterocycles. The number of hydrogen-bond acceptors (Lipinski definition) is 4. The molecule has 1 aromatic heterocycles. The Balaban J connectivity index is 2.06. The van der Waals surface area contributed by atoms with Crippen molar-refractivity contribution in [1.29, 1.82) is 0 Å². The van der Waals surface area contributed by atoms with Crippen molar-refractivity contribution < 1.29 is 27.3 Å². The van der Waals surface area contributed by atoms with Crippen molar-refractivity contribution in [2.45, 2.75) is 26.4 Å². The first-order valence-electron chi connectivity index (χ1n) is 7.35. The highest BCUT2D eigenvalue weighted by Crippen LogP contribution is 2.31. The normalized spacial score (nSPS) is 11.2. The van der Waals surface area contributed by atoms with Crippen LogP contribution in [0.2, 0.25) is 0 Å². The summed E-state index contributed by atoms with van der Waals surface area (Å²) < 4.78 is 43.2. The fourth-order valence-corrected chi connectivity index (χ4v) is 2.16. The lowest BCUT2D eigenvalue weighted by molar-refractivity contribution is -0.137. The number of aryl methyl sites for hydroxylation is 1. The summed E-state index contributed by atoms with van der Waals surface area (Å²) in [6, 6.07) is 5.91. The number of halogens is 3. The number of hydrogen-bond donors (Lipinski definition) is 1. The van der Waals surface area contributed by atoms with E-state index in [0.29, 0.717) is 5.76 Å². The average molecular weight is 355 g/mol. The number of nitrogens with one attached hydrogen (secondary N) is 1. The van der Waals surface area contributed by atoms with Crippen LogP contribution in [-0.4, -0.2) is 23.5 Å². The number of carbonyl (C=O) groups is 2. The van der Waals surface area contributed by atoms with Gasteiger partial charge in [0.05, 0.1) is 5.56 Å². The second kappa shape index (κ2) is 7.37. The van der Waals surface area contributed by atoms with Crippen molar-refractivity contribution in [3.63, 3.8) is 0 Å². The van der Waals surface area contributed by atoms with Gasteiger partial charge in [-0.25, -0.2) is 0 Å². The van der Waals surface area contributed by atoms with Crippen LogP contribution in [0.4, 0.5) is 24.7 Å². The summed E-state index contributed by atoms with van der Waals surface area (Å²) in [4.78, 5) is 24.8. The minimum Gasteiger partial charge on any atom is -0.360 e. The van der Waals surface area contributed by atoms with Crippen molar-refractivity contribution in [3.05, 3.63) is 41.7 Å². The fraction of sp³-hybridized carbons (Fsp3) is 0.312. The van der Waals surface area contributed by atoms with E-state index in [0.717, 1.165) is 17.0 Å². The number of amides is 2. The molecule has 1 N–H and O–H groups in total. The van der Waals surface area contributed by atoms with Crippen molar-refractivity contribution in [2.24, 2.45) is 0 Å². The summed E-state index contributed by atoms with van der Waals surface area (Å²) in [6.07, 6.45) is -4.62. The van der Waals surface area contributed by atoms with Crippen LogP contribution >= 0.6 is 0 Å². The molecule has 2 amide bonds. The zero-order chi connectivity index (χ0) is 18.6. The van der Waals surface area contributed by atoms with E-state index in [2.05, 4.69) is 10.5 Å². The molecule has 2 rings (SSSR count). The summed E-state index contributed by atoms with van der Waals surface area (Å²) >= 11 is 0. The Morgan fingerprint density at radius 2 is 2.00 bits per heavy atom. The summed E-state index contributed by atoms with van der Waals surface area (Å²) in [5, 5.41) is 6.08. The Labute approximate surface area is 141 Å². The third kappa shape index (κ3) is 5.07. The number of benzene rings is 1. The Morgan fingerprint density at radius 1 is 1.28 bits per heavy atom. The van der Waals surface area contributed by atoms with Gasteiger partial charge >= 0.3 is 6.18 Å². The Hall–Kier alpha value is -2.84. The number of anilines is 2. The van der Waals surface area contributed by atoms with Gasteiger partial charge in [0.1, 0.15) is 5.76 Å². The SMILES string of the molecule is CC(=O)N(CCC(=O)Nc1cc(C)on1)c1cccc(C(F)(F)F)c1. The maximum atomic E-state index is 12.8. The van der Waals surface area contributed by atoms with E-state index in [1.165, 1.54) is 25.1 Å². The van der Waals surface area contributed by atoms with Crippen molar-refractivity contribution in [1.82, 2.24) is 5.16 Å². The number of carbonyl (C=O) groups excluding carboxylic acids is 2. The van der Waals surface area contributed by atoms with Gasteiger partial charge in [-0.15, -0.1) is 0 Å². The van der Waals surface area contributed by atoms with Gasteiger partial charge in [-0.2, -0.15) is 13.2 Å². The summed E-state index contributed by atoms with van der Waals surface area (Å²) in [7, 11) is 0. The molecule has 0 atom stereocenters. The molecule has 25 heavy (non-hydrogen) atoms. The first-order valence-corrected chi connectivity index (χ1v) is 7.35. The Bertz CT molecular complexity index is 771. The second-order valence-electron chi connectivity index (χ2n) is 5.34. The highest BCUT2D eigenvalue weighted by Gasteiger charge is 2.31. The van der Waals surface area contributed by atoms with Crippen LogP contribution in [0, 0.1) is 6.92 Å². The van der Waals surface area contributed by atoms with Gasteiger partial charge in [-0.05, 0) is 25.1 Å². The lowest BCUT2D eigenvalue weighted by Gasteiger charge is -2.22. The summed E-state index contributed by atoms with van der Waals surface area (Å²) in [6.45, 7) is 2.81. The second-order valence-corrected chi connectivity index (χ2v) is 5.34. The topological polar surface area (TPSA) is 75.4 Å². The van der Waals surface area contributed by atoms with Gasteiger partial charge in [-0.1, -0.05) is 11.2 Å². The van der Waals surface area contributed by atoms with Crippen molar-refractivity contribution >= 4 is 23.3 Å². The molecule has 0 fully saturated rings. The molecule has 0 aliphatic rings. The van der Waals surface area contributed by atoms with Crippen LogP contribution in [0.25, 0.3) is 0 Å². The van der Waals surface area contributed by atoms with E-state index in [1.807, 2.05) is 0 Å². The van der Waals surface area contributed by atoms with E-state index in [-0.39, 0.29) is 24.5 Å². The lowest BCUT2D eigenvalue weighted by Crippen LogP contribution is -2.32. The maximum absolute atomic E-state index is 12.8.